The number of benzene rings is 2. The molecule has 0 saturated carbocycles. The van der Waals surface area contributed by atoms with Crippen molar-refractivity contribution in [2.45, 2.75) is 0 Å². The summed E-state index contributed by atoms with van der Waals surface area (Å²) in [5, 5.41) is 23.0. The number of rotatable bonds is 5. The maximum atomic E-state index is 11.5. The monoisotopic (exact) mass is 355 g/mol. The SMILES string of the molecule is COC(=O)c1ccc(-c2nnn(-c3ccc([N+](=O)[O-])cc3OC)n2)cc1. The Labute approximate surface area is 147 Å². The molecule has 3 rings (SSSR count). The summed E-state index contributed by atoms with van der Waals surface area (Å²) < 4.78 is 9.82. The number of nitrogens with zero attached hydrogens (tertiary/aromatic N) is 5. The lowest BCUT2D eigenvalue weighted by Gasteiger charge is -2.05. The Morgan fingerprint density at radius 3 is 2.50 bits per heavy atom. The van der Waals surface area contributed by atoms with Crippen LogP contribution in [-0.4, -0.2) is 45.3 Å². The Hall–Kier alpha value is -3.82. The van der Waals surface area contributed by atoms with E-state index in [0.717, 1.165) is 0 Å². The first-order chi connectivity index (χ1) is 12.5. The minimum absolute atomic E-state index is 0.107. The number of hydrogen-bond donors (Lipinski definition) is 0. The summed E-state index contributed by atoms with van der Waals surface area (Å²) in [7, 11) is 2.70. The van der Waals surface area contributed by atoms with Crippen molar-refractivity contribution in [2.24, 2.45) is 0 Å². The van der Waals surface area contributed by atoms with Crippen LogP contribution in [0, 0.1) is 10.1 Å². The van der Waals surface area contributed by atoms with Crippen molar-refractivity contribution >= 4 is 11.7 Å². The van der Waals surface area contributed by atoms with Gasteiger partial charge in [-0.25, -0.2) is 4.79 Å². The van der Waals surface area contributed by atoms with Crippen LogP contribution in [0.25, 0.3) is 17.1 Å². The summed E-state index contributed by atoms with van der Waals surface area (Å²) in [5.74, 6) is 0.120. The van der Waals surface area contributed by atoms with Crippen LogP contribution in [0.3, 0.4) is 0 Å². The van der Waals surface area contributed by atoms with Crippen LogP contribution in [0.5, 0.6) is 5.75 Å². The van der Waals surface area contributed by atoms with Crippen molar-refractivity contribution in [1.29, 1.82) is 0 Å². The zero-order valence-corrected chi connectivity index (χ0v) is 13.8. The van der Waals surface area contributed by atoms with Gasteiger partial charge < -0.3 is 9.47 Å². The first kappa shape index (κ1) is 17.0. The van der Waals surface area contributed by atoms with E-state index in [1.54, 1.807) is 24.3 Å². The van der Waals surface area contributed by atoms with E-state index in [4.69, 9.17) is 4.74 Å². The smallest absolute Gasteiger partial charge is 0.337 e. The van der Waals surface area contributed by atoms with Gasteiger partial charge in [-0.15, -0.1) is 15.0 Å². The molecule has 1 aromatic heterocycles. The van der Waals surface area contributed by atoms with Gasteiger partial charge in [-0.1, -0.05) is 12.1 Å². The number of nitro benzene ring substituents is 1. The van der Waals surface area contributed by atoms with Gasteiger partial charge in [0, 0.05) is 11.6 Å². The van der Waals surface area contributed by atoms with Gasteiger partial charge in [0.05, 0.1) is 30.8 Å². The van der Waals surface area contributed by atoms with Crippen LogP contribution in [0.2, 0.25) is 0 Å². The van der Waals surface area contributed by atoms with Crippen LogP contribution in [-0.2, 0) is 4.74 Å². The van der Waals surface area contributed by atoms with Gasteiger partial charge in [0.25, 0.3) is 5.69 Å². The number of tetrazole rings is 1. The van der Waals surface area contributed by atoms with Crippen molar-refractivity contribution < 1.29 is 19.2 Å². The van der Waals surface area contributed by atoms with Crippen LogP contribution in [0.15, 0.2) is 42.5 Å². The molecule has 0 fully saturated rings. The second kappa shape index (κ2) is 6.97. The number of aromatic nitrogens is 4. The summed E-state index contributed by atoms with van der Waals surface area (Å²) in [6, 6.07) is 10.6. The molecule has 0 atom stereocenters. The Balaban J connectivity index is 1.93. The van der Waals surface area contributed by atoms with Crippen molar-refractivity contribution in [2.75, 3.05) is 14.2 Å². The lowest BCUT2D eigenvalue weighted by Crippen LogP contribution is -2.03. The zero-order chi connectivity index (χ0) is 18.7. The number of ether oxygens (including phenoxy) is 2. The molecule has 132 valence electrons. The zero-order valence-electron chi connectivity index (χ0n) is 13.8. The molecule has 0 spiro atoms. The van der Waals surface area contributed by atoms with E-state index in [0.29, 0.717) is 22.6 Å². The maximum Gasteiger partial charge on any atom is 0.337 e. The predicted molar refractivity (Wildman–Crippen MR) is 89.1 cm³/mol. The first-order valence-electron chi connectivity index (χ1n) is 7.35. The van der Waals surface area contributed by atoms with Gasteiger partial charge in [0.2, 0.25) is 5.82 Å². The molecule has 10 heteroatoms. The van der Waals surface area contributed by atoms with Crippen LogP contribution >= 0.6 is 0 Å². The van der Waals surface area contributed by atoms with Gasteiger partial charge in [-0.2, -0.15) is 0 Å². The molecule has 1 heterocycles. The van der Waals surface area contributed by atoms with Gasteiger partial charge in [0.1, 0.15) is 5.69 Å². The molecule has 0 aliphatic rings. The molecule has 0 radical (unpaired) electrons. The quantitative estimate of drug-likeness (QED) is 0.387. The highest BCUT2D eigenvalue weighted by Gasteiger charge is 2.16. The van der Waals surface area contributed by atoms with Crippen molar-refractivity contribution in [3.8, 4) is 22.8 Å². The Morgan fingerprint density at radius 1 is 1.15 bits per heavy atom. The second-order valence-electron chi connectivity index (χ2n) is 5.08. The number of carbonyl (C=O) groups is 1. The predicted octanol–water partition coefficient (Wildman–Crippen LogP) is 2.03. The van der Waals surface area contributed by atoms with Gasteiger partial charge in [-0.3, -0.25) is 10.1 Å². The topological polar surface area (TPSA) is 122 Å². The summed E-state index contributed by atoms with van der Waals surface area (Å²) >= 11 is 0. The lowest BCUT2D eigenvalue weighted by atomic mass is 10.1. The highest BCUT2D eigenvalue weighted by atomic mass is 16.6. The highest BCUT2D eigenvalue weighted by Crippen LogP contribution is 2.27. The standard InChI is InChI=1S/C16H13N5O5/c1-25-14-9-12(21(23)24)7-8-13(14)20-18-15(17-19-20)10-3-5-11(6-4-10)16(22)26-2/h3-9H,1-2H3. The maximum absolute atomic E-state index is 11.5. The van der Waals surface area contributed by atoms with Crippen LogP contribution in [0.1, 0.15) is 10.4 Å². The fourth-order valence-corrected chi connectivity index (χ4v) is 2.25. The summed E-state index contributed by atoms with van der Waals surface area (Å²) in [4.78, 5) is 23.0. The molecule has 2 aromatic carbocycles. The number of non-ortho nitro benzene ring substituents is 1. The average Bonchev–Trinajstić information content (AvgIpc) is 3.16. The van der Waals surface area contributed by atoms with Gasteiger partial charge >= 0.3 is 5.97 Å². The molecule has 26 heavy (non-hydrogen) atoms. The molecule has 0 amide bonds. The Bertz CT molecular complexity index is 967. The van der Waals surface area contributed by atoms with Crippen molar-refractivity contribution in [1.82, 2.24) is 20.2 Å². The third-order valence-electron chi connectivity index (χ3n) is 3.57. The summed E-state index contributed by atoms with van der Waals surface area (Å²) in [6.07, 6.45) is 0. The molecule has 3 aromatic rings. The lowest BCUT2D eigenvalue weighted by molar-refractivity contribution is -0.384. The van der Waals surface area contributed by atoms with E-state index in [1.165, 1.54) is 37.2 Å². The molecule has 10 nitrogen and oxygen atoms in total. The Morgan fingerprint density at radius 2 is 1.88 bits per heavy atom. The summed E-state index contributed by atoms with van der Waals surface area (Å²) in [6.45, 7) is 0. The van der Waals surface area contributed by atoms with Gasteiger partial charge in [0.15, 0.2) is 5.75 Å². The highest BCUT2D eigenvalue weighted by molar-refractivity contribution is 5.89. The molecule has 0 N–H and O–H groups in total. The van der Waals surface area contributed by atoms with Crippen LogP contribution in [0.4, 0.5) is 5.69 Å². The Kier molecular flexibility index (Phi) is 4.56. The minimum atomic E-state index is -0.518. The number of hydrogen-bond acceptors (Lipinski definition) is 8. The number of esters is 1. The molecular weight excluding hydrogens is 342 g/mol. The third kappa shape index (κ3) is 3.20. The van der Waals surface area contributed by atoms with E-state index >= 15 is 0 Å². The average molecular weight is 355 g/mol. The molecule has 0 saturated heterocycles. The number of nitro groups is 1. The van der Waals surface area contributed by atoms with E-state index in [2.05, 4.69) is 20.1 Å². The van der Waals surface area contributed by atoms with E-state index in [1.807, 2.05) is 0 Å². The summed E-state index contributed by atoms with van der Waals surface area (Å²) in [5.41, 5.74) is 1.35. The molecule has 0 unspecified atom stereocenters. The molecule has 0 aliphatic heterocycles. The molecule has 0 bridgehead atoms. The fraction of sp³-hybridized carbons (Fsp3) is 0.125. The number of methoxy groups -OCH3 is 2. The van der Waals surface area contributed by atoms with Crippen molar-refractivity contribution in [3.05, 3.63) is 58.1 Å². The fourth-order valence-electron chi connectivity index (χ4n) is 2.25. The molecule has 0 aliphatic carbocycles. The van der Waals surface area contributed by atoms with E-state index in [-0.39, 0.29) is 11.4 Å². The first-order valence-corrected chi connectivity index (χ1v) is 7.35. The second-order valence-corrected chi connectivity index (χ2v) is 5.08. The van der Waals surface area contributed by atoms with Crippen LogP contribution < -0.4 is 4.74 Å². The largest absolute Gasteiger partial charge is 0.494 e. The van der Waals surface area contributed by atoms with E-state index < -0.39 is 10.9 Å². The number of carbonyl (C=O) groups excluding carboxylic acids is 1. The van der Waals surface area contributed by atoms with Crippen molar-refractivity contribution in [3.63, 3.8) is 0 Å². The third-order valence-corrected chi connectivity index (χ3v) is 3.57. The van der Waals surface area contributed by atoms with E-state index in [9.17, 15) is 14.9 Å². The normalized spacial score (nSPS) is 10.4. The molecular formula is C16H13N5O5. The van der Waals surface area contributed by atoms with Gasteiger partial charge in [-0.05, 0) is 23.4 Å². The minimum Gasteiger partial charge on any atom is -0.494 e.